The van der Waals surface area contributed by atoms with E-state index in [1.165, 1.54) is 30.3 Å². The van der Waals surface area contributed by atoms with E-state index in [1.54, 1.807) is 16.4 Å². The van der Waals surface area contributed by atoms with Gasteiger partial charge >= 0.3 is 7.12 Å². The van der Waals surface area contributed by atoms with Crippen LogP contribution in [0.1, 0.15) is 59.9 Å². The lowest BCUT2D eigenvalue weighted by molar-refractivity contribution is -0.124. The summed E-state index contributed by atoms with van der Waals surface area (Å²) in [6.07, 6.45) is 1.24. The highest BCUT2D eigenvalue weighted by Crippen LogP contribution is 2.36. The van der Waals surface area contributed by atoms with Gasteiger partial charge in [0.05, 0.1) is 23.3 Å². The lowest BCUT2D eigenvalue weighted by atomic mass is 9.78. The molecule has 2 aromatic rings. The first kappa shape index (κ1) is 32.0. The van der Waals surface area contributed by atoms with Gasteiger partial charge in [0.15, 0.2) is 0 Å². The monoisotopic (exact) mass is 554 g/mol. The van der Waals surface area contributed by atoms with Gasteiger partial charge in [-0.15, -0.1) is 0 Å². The Morgan fingerprint density at radius 3 is 2.21 bits per heavy atom. The van der Waals surface area contributed by atoms with Gasteiger partial charge in [-0.25, -0.2) is 17.3 Å². The number of hydrogen-bond acceptors (Lipinski definition) is 4. The Morgan fingerprint density at radius 1 is 1.05 bits per heavy atom. The van der Waals surface area contributed by atoms with Crippen molar-refractivity contribution in [1.29, 1.82) is 0 Å². The van der Waals surface area contributed by atoms with Crippen molar-refractivity contribution in [3.05, 3.63) is 59.7 Å². The molecule has 11 heteroatoms. The molecular formula is C27H38BF3N2O4S. The summed E-state index contributed by atoms with van der Waals surface area (Å²) in [4.78, 5) is 13.4. The number of nitrogens with zero attached hydrogens (tertiary/aromatic N) is 1. The molecule has 0 radical (unpaired) electrons. The number of alkyl halides is 1. The molecule has 2 aromatic carbocycles. The topological polar surface area (TPSA) is 67.9 Å². The number of benzene rings is 2. The van der Waals surface area contributed by atoms with E-state index in [0.29, 0.717) is 42.5 Å². The number of carbonyl (C=O) groups is 1. The van der Waals surface area contributed by atoms with E-state index in [4.69, 9.17) is 9.31 Å². The molecular weight excluding hydrogens is 516 g/mol. The van der Waals surface area contributed by atoms with E-state index in [2.05, 4.69) is 5.32 Å². The molecule has 2 unspecified atom stereocenters. The zero-order valence-electron chi connectivity index (χ0n) is 23.1. The summed E-state index contributed by atoms with van der Waals surface area (Å²) in [5.74, 6) is -1.19. The van der Waals surface area contributed by atoms with E-state index >= 15 is 0 Å². The third-order valence-corrected chi connectivity index (χ3v) is 8.32. The molecule has 4 rings (SSSR count). The summed E-state index contributed by atoms with van der Waals surface area (Å²) in [7, 11) is -1.73. The largest absolute Gasteiger partial charge is 0.494 e. The van der Waals surface area contributed by atoms with E-state index in [1.807, 2.05) is 41.5 Å². The van der Waals surface area contributed by atoms with Crippen LogP contribution in [0.2, 0.25) is 0 Å². The van der Waals surface area contributed by atoms with Crippen molar-refractivity contribution in [2.45, 2.75) is 83.1 Å². The quantitative estimate of drug-likeness (QED) is 0.527. The number of nitrogens with one attached hydrogen (secondary N) is 1. The average molecular weight is 554 g/mol. The molecule has 0 bridgehead atoms. The Labute approximate surface area is 227 Å². The second-order valence-corrected chi connectivity index (χ2v) is 11.1. The minimum absolute atomic E-state index is 0.0223. The van der Waals surface area contributed by atoms with Crippen molar-refractivity contribution in [3.63, 3.8) is 0 Å². The lowest BCUT2D eigenvalue weighted by Gasteiger charge is -2.32. The van der Waals surface area contributed by atoms with Gasteiger partial charge in [0.1, 0.15) is 28.7 Å². The highest BCUT2D eigenvalue weighted by molar-refractivity contribution is 7.82. The average Bonchev–Trinajstić information content (AvgIpc) is 3.47. The maximum atomic E-state index is 14.5. The first-order valence-electron chi connectivity index (χ1n) is 12.7. The molecule has 0 aromatic heterocycles. The summed E-state index contributed by atoms with van der Waals surface area (Å²) >= 11 is 0. The van der Waals surface area contributed by atoms with Crippen molar-refractivity contribution >= 4 is 29.5 Å². The van der Waals surface area contributed by atoms with Crippen LogP contribution in [0, 0.1) is 11.6 Å². The Hall–Kier alpha value is -2.21. The molecule has 1 N–H and O–H groups in total. The normalized spacial score (nSPS) is 20.6. The van der Waals surface area contributed by atoms with Crippen LogP contribution in [0.25, 0.3) is 0 Å². The van der Waals surface area contributed by atoms with E-state index in [-0.39, 0.29) is 12.5 Å². The molecule has 0 spiro atoms. The Kier molecular flexibility index (Phi) is 11.6. The molecule has 1 amide bonds. The van der Waals surface area contributed by atoms with Gasteiger partial charge in [-0.3, -0.25) is 9.18 Å². The fourth-order valence-electron chi connectivity index (χ4n) is 4.04. The molecule has 2 heterocycles. The van der Waals surface area contributed by atoms with Crippen molar-refractivity contribution in [2.24, 2.45) is 0 Å². The number of amides is 1. The standard InChI is InChI=1S/C24H29BF2N2O4S.C2H6.CH3F/c1-23(2)24(3,4)33-25(32-23)17-7-12-20(27)16(14-17)15-28-22(30)21-6-5-13-29(21)34(31)19-10-8-18(26)9-11-19;2*1-2/h7-12,14,21H,5-6,13,15H2,1-4H3,(H,28,30);1-2H3;1H3. The summed E-state index contributed by atoms with van der Waals surface area (Å²) in [6, 6.07) is 9.38. The second kappa shape index (κ2) is 13.7. The number of halogens is 3. The second-order valence-electron chi connectivity index (χ2n) is 9.66. The minimum atomic E-state index is -1.59. The molecule has 2 aliphatic heterocycles. The summed E-state index contributed by atoms with van der Waals surface area (Å²) in [5, 5.41) is 2.78. The number of hydrogen-bond donors (Lipinski definition) is 1. The van der Waals surface area contributed by atoms with Crippen LogP contribution >= 0.6 is 0 Å². The predicted molar refractivity (Wildman–Crippen MR) is 145 cm³/mol. The molecule has 0 saturated carbocycles. The third-order valence-electron chi connectivity index (χ3n) is 6.78. The predicted octanol–water partition coefficient (Wildman–Crippen LogP) is 4.68. The zero-order chi connectivity index (χ0) is 28.7. The van der Waals surface area contributed by atoms with Gasteiger partial charge in [-0.2, -0.15) is 0 Å². The van der Waals surface area contributed by atoms with Crippen LogP contribution in [0.5, 0.6) is 0 Å². The smallest absolute Gasteiger partial charge is 0.399 e. The highest BCUT2D eigenvalue weighted by atomic mass is 32.2. The van der Waals surface area contributed by atoms with Gasteiger partial charge in [0, 0.05) is 18.7 Å². The summed E-state index contributed by atoms with van der Waals surface area (Å²) < 4.78 is 63.9. The Morgan fingerprint density at radius 2 is 1.63 bits per heavy atom. The molecule has 2 fully saturated rings. The van der Waals surface area contributed by atoms with Crippen molar-refractivity contribution < 1.29 is 31.5 Å². The van der Waals surface area contributed by atoms with Crippen LogP contribution < -0.4 is 10.8 Å². The first-order chi connectivity index (χ1) is 18.0. The maximum Gasteiger partial charge on any atom is 0.494 e. The lowest BCUT2D eigenvalue weighted by Crippen LogP contribution is -2.44. The van der Waals surface area contributed by atoms with Crippen molar-refractivity contribution in [2.75, 3.05) is 13.7 Å². The summed E-state index contributed by atoms with van der Waals surface area (Å²) in [6.45, 7) is 12.2. The Balaban J connectivity index is 0.00000121. The minimum Gasteiger partial charge on any atom is -0.399 e. The molecule has 0 aliphatic carbocycles. The number of rotatable bonds is 6. The van der Waals surface area contributed by atoms with Crippen molar-refractivity contribution in [3.8, 4) is 0 Å². The highest BCUT2D eigenvalue weighted by Gasteiger charge is 2.51. The van der Waals surface area contributed by atoms with Crippen LogP contribution in [0.15, 0.2) is 47.4 Å². The number of carbonyl (C=O) groups excluding carboxylic acids is 1. The molecule has 2 aliphatic rings. The van der Waals surface area contributed by atoms with Gasteiger partial charge in [-0.1, -0.05) is 26.0 Å². The summed E-state index contributed by atoms with van der Waals surface area (Å²) in [5.41, 5.74) is -0.0621. The molecule has 38 heavy (non-hydrogen) atoms. The molecule has 2 saturated heterocycles. The van der Waals surface area contributed by atoms with E-state index < -0.39 is 47.0 Å². The zero-order valence-corrected chi connectivity index (χ0v) is 24.0. The van der Waals surface area contributed by atoms with Gasteiger partial charge in [0.2, 0.25) is 5.91 Å². The van der Waals surface area contributed by atoms with Crippen LogP contribution in [-0.4, -0.2) is 52.5 Å². The van der Waals surface area contributed by atoms with Crippen molar-refractivity contribution in [1.82, 2.24) is 9.62 Å². The van der Waals surface area contributed by atoms with Crippen LogP contribution in [0.3, 0.4) is 0 Å². The molecule has 210 valence electrons. The molecule has 2 atom stereocenters. The van der Waals surface area contributed by atoms with E-state index in [0.717, 1.165) is 0 Å². The maximum absolute atomic E-state index is 14.5. The van der Waals surface area contributed by atoms with Gasteiger partial charge in [-0.05, 0) is 76.3 Å². The molecule has 6 nitrogen and oxygen atoms in total. The van der Waals surface area contributed by atoms with E-state index in [9.17, 15) is 22.2 Å². The third kappa shape index (κ3) is 7.25. The van der Waals surface area contributed by atoms with Gasteiger partial charge < -0.3 is 14.6 Å². The Bertz CT molecular complexity index is 1090. The fraction of sp³-hybridized carbons (Fsp3) is 0.519. The van der Waals surface area contributed by atoms with Crippen LogP contribution in [-0.2, 0) is 31.6 Å². The fourth-order valence-corrected chi connectivity index (χ4v) is 5.41. The first-order valence-corrected chi connectivity index (χ1v) is 13.8. The van der Waals surface area contributed by atoms with Crippen LogP contribution in [0.4, 0.5) is 13.2 Å². The van der Waals surface area contributed by atoms with Gasteiger partial charge in [0.25, 0.3) is 0 Å². The SMILES string of the molecule is CC.CC1(C)OB(c2ccc(F)c(CNC(=O)C3CCCN3S(=O)c3ccc(F)cc3)c2)OC1(C)C.CF.